The molecule has 72 heavy (non-hydrogen) atoms. The molecule has 0 aromatic rings. The van der Waals surface area contributed by atoms with E-state index >= 15 is 0 Å². The van der Waals surface area contributed by atoms with Crippen LogP contribution in [0.1, 0.15) is 85.5 Å². The highest BCUT2D eigenvalue weighted by molar-refractivity contribution is 5.81. The second kappa shape index (κ2) is 31.5. The Morgan fingerprint density at radius 1 is 0.694 bits per heavy atom. The van der Waals surface area contributed by atoms with Crippen molar-refractivity contribution in [2.75, 3.05) is 6.61 Å². The van der Waals surface area contributed by atoms with Gasteiger partial charge in [-0.2, -0.15) is 0 Å². The molecule has 0 aliphatic carbocycles. The highest BCUT2D eigenvalue weighted by atomic mass is 16.7. The highest BCUT2D eigenvalue weighted by Gasteiger charge is 2.49. The zero-order chi connectivity index (χ0) is 53.5. The van der Waals surface area contributed by atoms with Crippen LogP contribution in [0.3, 0.4) is 0 Å². The molecule has 2 bridgehead atoms. The lowest BCUT2D eigenvalue weighted by Gasteiger charge is -2.46. The molecule has 22 nitrogen and oxygen atoms in total. The molecule has 0 aromatic heterocycles. The van der Waals surface area contributed by atoms with Crippen LogP contribution in [0.4, 0.5) is 4.79 Å². The predicted molar refractivity (Wildman–Crippen MR) is 261 cm³/mol. The minimum Gasteiger partial charge on any atom is -0.462 e. The topological polar surface area (TPSA) is 373 Å². The van der Waals surface area contributed by atoms with E-state index in [2.05, 4.69) is 16.2 Å². The first-order chi connectivity index (χ1) is 34.0. The van der Waals surface area contributed by atoms with Crippen molar-refractivity contribution < 1.29 is 89.5 Å². The van der Waals surface area contributed by atoms with Crippen molar-refractivity contribution in [3.63, 3.8) is 0 Å². The van der Waals surface area contributed by atoms with E-state index in [0.29, 0.717) is 0 Å². The third kappa shape index (κ3) is 21.7. The summed E-state index contributed by atoms with van der Waals surface area (Å²) in [6.45, 7) is 6.23. The lowest BCUT2D eigenvalue weighted by atomic mass is 9.87. The van der Waals surface area contributed by atoms with E-state index in [1.54, 1.807) is 86.8 Å². The number of aliphatic hydroxyl groups is 11. The number of nitrogens with two attached hydrogens (primary N) is 1. The molecule has 2 saturated heterocycles. The van der Waals surface area contributed by atoms with Crippen LogP contribution in [-0.4, -0.2) is 184 Å². The molecule has 0 aromatic carbocycles. The lowest BCUT2D eigenvalue weighted by molar-refractivity contribution is -0.303. The van der Waals surface area contributed by atoms with Gasteiger partial charge in [0.1, 0.15) is 12.2 Å². The molecular weight excluding hydrogens is 945 g/mol. The number of ether oxygens (including phenoxy) is 4. The zero-order valence-corrected chi connectivity index (χ0v) is 41.4. The number of hydrazine groups is 1. The molecule has 3 rings (SSSR count). The van der Waals surface area contributed by atoms with Crippen LogP contribution < -0.4 is 21.9 Å². The summed E-state index contributed by atoms with van der Waals surface area (Å²) in [5, 5.41) is 121. The summed E-state index contributed by atoms with van der Waals surface area (Å²) >= 11 is 0. The molecule has 19 atom stereocenters. The number of hydrogen-bond donors (Lipinski definition) is 15. The summed E-state index contributed by atoms with van der Waals surface area (Å²) in [4.78, 5) is 37.6. The van der Waals surface area contributed by atoms with Gasteiger partial charge in [-0.3, -0.25) is 15.0 Å². The SMILES string of the molecule is C[C@@H]1[C@H](O)[C@@H](C)/C=C/C=C/C=C/C=C/C=C/C=C/C=C/[C@H](O[C@@H]2O[C@H](C)[C@@H](O)[C@H](N)[C@@H]2O)C[C@@H]2O[C@](O)(C[C@@H](O)C[C@@H](O)[C@H](O)CC[C@@H](O)C[C@@H](O)CC(=O)O[C@H]1C)C[C@H](O)[C@H]2NC(=O)NNC(=O)CCO. The second-order valence-corrected chi connectivity index (χ2v) is 18.8. The average molecular weight is 1030 g/mol. The number of carbonyl (C=O) groups is 3. The highest BCUT2D eigenvalue weighted by Crippen LogP contribution is 2.35. The average Bonchev–Trinajstić information content (AvgIpc) is 3.30. The van der Waals surface area contributed by atoms with Gasteiger partial charge in [-0.25, -0.2) is 10.2 Å². The van der Waals surface area contributed by atoms with Gasteiger partial charge < -0.3 is 86.2 Å². The molecular formula is C50H80N4O18. The molecule has 3 aliphatic heterocycles. The number of esters is 1. The Hall–Kier alpha value is -4.21. The fourth-order valence-corrected chi connectivity index (χ4v) is 8.31. The van der Waals surface area contributed by atoms with Gasteiger partial charge in [0, 0.05) is 37.5 Å². The Balaban J connectivity index is 1.93. The molecule has 0 spiro atoms. The minimum absolute atomic E-state index is 0.124. The van der Waals surface area contributed by atoms with Crippen LogP contribution in [0.15, 0.2) is 85.1 Å². The largest absolute Gasteiger partial charge is 0.462 e. The Morgan fingerprint density at radius 3 is 1.90 bits per heavy atom. The number of aliphatic hydroxyl groups excluding tert-OH is 10. The molecule has 16 N–H and O–H groups in total. The summed E-state index contributed by atoms with van der Waals surface area (Å²) in [7, 11) is 0. The quantitative estimate of drug-likeness (QED) is 0.117. The molecule has 3 aliphatic rings. The van der Waals surface area contributed by atoms with Gasteiger partial charge in [0.25, 0.3) is 0 Å². The molecule has 0 unspecified atom stereocenters. The van der Waals surface area contributed by atoms with E-state index in [1.807, 2.05) is 13.0 Å². The predicted octanol–water partition coefficient (Wildman–Crippen LogP) is -0.908. The fraction of sp³-hybridized carbons (Fsp3) is 0.660. The number of nitrogens with one attached hydrogen (secondary N) is 3. The van der Waals surface area contributed by atoms with Crippen molar-refractivity contribution >= 4 is 17.9 Å². The maximum atomic E-state index is 13.0. The van der Waals surface area contributed by atoms with Gasteiger partial charge in [-0.1, -0.05) is 98.9 Å². The van der Waals surface area contributed by atoms with Gasteiger partial charge in [0.2, 0.25) is 5.91 Å². The first-order valence-corrected chi connectivity index (χ1v) is 24.5. The number of allylic oxidation sites excluding steroid dienone is 12. The number of hydrogen-bond acceptors (Lipinski definition) is 19. The van der Waals surface area contributed by atoms with Crippen molar-refractivity contribution in [2.24, 2.45) is 17.6 Å². The summed E-state index contributed by atoms with van der Waals surface area (Å²) in [5.41, 5.74) is 10.3. The number of rotatable bonds is 5. The first-order valence-electron chi connectivity index (χ1n) is 24.5. The molecule has 3 amide bonds. The third-order valence-corrected chi connectivity index (χ3v) is 12.7. The van der Waals surface area contributed by atoms with Crippen LogP contribution in [0.2, 0.25) is 0 Å². The first kappa shape index (κ1) is 62.1. The number of cyclic esters (lactones) is 1. The van der Waals surface area contributed by atoms with Crippen molar-refractivity contribution in [1.82, 2.24) is 16.2 Å². The Labute approximate surface area is 420 Å². The third-order valence-electron chi connectivity index (χ3n) is 12.7. The lowest BCUT2D eigenvalue weighted by Crippen LogP contribution is -2.64. The van der Waals surface area contributed by atoms with Gasteiger partial charge in [-0.05, 0) is 33.1 Å². The molecule has 0 radical (unpaired) electrons. The maximum absolute atomic E-state index is 13.0. The van der Waals surface area contributed by atoms with E-state index in [9.17, 15) is 65.4 Å². The van der Waals surface area contributed by atoms with Crippen LogP contribution in [-0.2, 0) is 28.5 Å². The van der Waals surface area contributed by atoms with E-state index < -0.39 is 160 Å². The van der Waals surface area contributed by atoms with Crippen LogP contribution >= 0.6 is 0 Å². The van der Waals surface area contributed by atoms with Crippen LogP contribution in [0.5, 0.6) is 0 Å². The molecule has 3 heterocycles. The van der Waals surface area contributed by atoms with E-state index in [0.717, 1.165) is 0 Å². The Morgan fingerprint density at radius 2 is 1.29 bits per heavy atom. The number of fused-ring (bicyclic) bond motifs is 2. The molecule has 2 fully saturated rings. The zero-order valence-electron chi connectivity index (χ0n) is 41.4. The van der Waals surface area contributed by atoms with E-state index in [4.69, 9.17) is 29.8 Å². The van der Waals surface area contributed by atoms with Crippen molar-refractivity contribution in [2.45, 2.75) is 189 Å². The van der Waals surface area contributed by atoms with Gasteiger partial charge in [0.15, 0.2) is 12.1 Å². The smallest absolute Gasteiger partial charge is 0.333 e. The monoisotopic (exact) mass is 1020 g/mol. The van der Waals surface area contributed by atoms with E-state index in [-0.39, 0.29) is 38.0 Å². The molecule has 0 saturated carbocycles. The van der Waals surface area contributed by atoms with E-state index in [1.165, 1.54) is 13.0 Å². The summed E-state index contributed by atoms with van der Waals surface area (Å²) in [6.07, 6.45) is 3.00. The van der Waals surface area contributed by atoms with Gasteiger partial charge in [0.05, 0.1) is 98.7 Å². The number of amides is 3. The van der Waals surface area contributed by atoms with Crippen molar-refractivity contribution in [3.05, 3.63) is 85.1 Å². The Kier molecular flexibility index (Phi) is 27.2. The van der Waals surface area contributed by atoms with Crippen LogP contribution in [0.25, 0.3) is 0 Å². The van der Waals surface area contributed by atoms with Crippen LogP contribution in [0, 0.1) is 11.8 Å². The fourth-order valence-electron chi connectivity index (χ4n) is 8.31. The number of carbonyl (C=O) groups excluding carboxylic acids is 3. The van der Waals surface area contributed by atoms with Gasteiger partial charge >= 0.3 is 12.0 Å². The molecule has 408 valence electrons. The van der Waals surface area contributed by atoms with Crippen molar-refractivity contribution in [1.29, 1.82) is 0 Å². The van der Waals surface area contributed by atoms with Crippen molar-refractivity contribution in [3.8, 4) is 0 Å². The normalized spacial score (nSPS) is 42.0. The molecule has 22 heteroatoms. The Bertz CT molecular complexity index is 1860. The minimum atomic E-state index is -2.34. The van der Waals surface area contributed by atoms with Gasteiger partial charge in [-0.15, -0.1) is 0 Å². The summed E-state index contributed by atoms with van der Waals surface area (Å²) in [6, 6.07) is -3.54. The maximum Gasteiger partial charge on any atom is 0.333 e. The summed E-state index contributed by atoms with van der Waals surface area (Å²) < 4.78 is 23.6. The standard InChI is InChI=1S/C50H80N4O18/c1-29-17-15-13-11-9-7-5-6-8-10-12-14-16-18-36(71-48-47(66)43(51)46(65)32(4)70-48)26-40-44(52-49(67)54-53-41(62)21-22-55)39(61)28-50(68,72-40)27-35(58)24-38(60)37(59)20-19-33(56)23-34(57)25-42(63)69-31(3)30(2)45(29)64/h5-18,29-40,43-48,55-61,64-66,68H,19-28,51H2,1-4H3,(H,53,62)(H2,52,54,67)/b6-5+,9-7+,10-8+,13-11+,14-12+,17-15+,18-16+/t29-,30-,31-,32+,33+,34+,35-,36-,37+,38+,39-,40-,43-,44+,45+,46+,47-,48-,50+/m0/s1. The summed E-state index contributed by atoms with van der Waals surface area (Å²) in [5.74, 6) is -4.57. The second-order valence-electron chi connectivity index (χ2n) is 18.8. The number of urea groups is 1.